The first-order chi connectivity index (χ1) is 8.99. The van der Waals surface area contributed by atoms with Gasteiger partial charge in [-0.2, -0.15) is 0 Å². The van der Waals surface area contributed by atoms with Gasteiger partial charge < -0.3 is 4.90 Å². The Kier molecular flexibility index (Phi) is 4.67. The molecule has 0 amide bonds. The molecule has 3 rings (SSSR count). The van der Waals surface area contributed by atoms with Crippen LogP contribution in [0.25, 0.3) is 0 Å². The summed E-state index contributed by atoms with van der Waals surface area (Å²) in [5.74, 6) is 1.03. The number of likely N-dealkylation sites (tertiary alicyclic amines) is 1. The van der Waals surface area contributed by atoms with Crippen LogP contribution < -0.4 is 0 Å². The third-order valence-electron chi connectivity index (χ3n) is 4.83. The molecule has 0 unspecified atom stereocenters. The quantitative estimate of drug-likeness (QED) is 0.666. The molecule has 1 aliphatic carbocycles. The van der Waals surface area contributed by atoms with Gasteiger partial charge in [-0.1, -0.05) is 42.3 Å². The molecular formula is C18H29N. The van der Waals surface area contributed by atoms with Crippen LogP contribution in [0.1, 0.15) is 43.7 Å². The minimum absolute atomic E-state index is 0.811. The number of aryl methyl sites for hydroxylation is 2. The first-order valence-electron chi connectivity index (χ1n) is 7.71. The van der Waals surface area contributed by atoms with Gasteiger partial charge >= 0.3 is 0 Å². The lowest BCUT2D eigenvalue weighted by Gasteiger charge is -2.51. The maximum absolute atomic E-state index is 2.47. The fourth-order valence-corrected chi connectivity index (χ4v) is 3.56. The molecule has 0 N–H and O–H groups in total. The Labute approximate surface area is 119 Å². The molecule has 2 fully saturated rings. The summed E-state index contributed by atoms with van der Waals surface area (Å²) < 4.78 is 0. The Morgan fingerprint density at radius 1 is 0.947 bits per heavy atom. The molecule has 1 aliphatic heterocycles. The molecule has 1 aromatic rings. The molecule has 0 atom stereocenters. The van der Waals surface area contributed by atoms with Crippen molar-refractivity contribution in [3.63, 3.8) is 0 Å². The van der Waals surface area contributed by atoms with Crippen LogP contribution in [0.5, 0.6) is 0 Å². The zero-order valence-electron chi connectivity index (χ0n) is 13.1. The molecule has 2 aliphatic rings. The number of rotatable bonds is 0. The number of benzene rings is 1. The van der Waals surface area contributed by atoms with Gasteiger partial charge in [0.1, 0.15) is 0 Å². The highest BCUT2D eigenvalue weighted by atomic mass is 15.1. The SMILES string of the molecule is CC1CC2(CCN(C)CC2)C1.Cc1ccc(C)cc1. The number of hydrogen-bond donors (Lipinski definition) is 0. The Bertz CT molecular complexity index is 356. The predicted molar refractivity (Wildman–Crippen MR) is 83.5 cm³/mol. The van der Waals surface area contributed by atoms with Gasteiger partial charge in [0.05, 0.1) is 0 Å². The molecule has 0 aromatic heterocycles. The summed E-state index contributed by atoms with van der Waals surface area (Å²) in [5.41, 5.74) is 3.47. The zero-order valence-corrected chi connectivity index (χ0v) is 13.1. The van der Waals surface area contributed by atoms with Crippen molar-refractivity contribution in [3.05, 3.63) is 35.4 Å². The second kappa shape index (κ2) is 6.09. The summed E-state index contributed by atoms with van der Waals surface area (Å²) in [6.07, 6.45) is 5.96. The van der Waals surface area contributed by atoms with Crippen molar-refractivity contribution < 1.29 is 0 Å². The highest BCUT2D eigenvalue weighted by Gasteiger charge is 2.42. The Morgan fingerprint density at radius 2 is 1.37 bits per heavy atom. The Balaban J connectivity index is 0.000000148. The fraction of sp³-hybridized carbons (Fsp3) is 0.667. The average molecular weight is 259 g/mol. The first-order valence-corrected chi connectivity index (χ1v) is 7.71. The summed E-state index contributed by atoms with van der Waals surface area (Å²) >= 11 is 0. The number of piperidine rings is 1. The summed E-state index contributed by atoms with van der Waals surface area (Å²) in [6.45, 7) is 9.27. The monoisotopic (exact) mass is 259 g/mol. The third-order valence-corrected chi connectivity index (χ3v) is 4.83. The van der Waals surface area contributed by atoms with Crippen molar-refractivity contribution >= 4 is 0 Å². The van der Waals surface area contributed by atoms with Crippen molar-refractivity contribution in [2.75, 3.05) is 20.1 Å². The number of hydrogen-bond acceptors (Lipinski definition) is 1. The van der Waals surface area contributed by atoms with Gasteiger partial charge in [0.15, 0.2) is 0 Å². The molecule has 0 radical (unpaired) electrons. The molecule has 0 bridgehead atoms. The second-order valence-corrected chi connectivity index (χ2v) is 6.97. The standard InChI is InChI=1S/C10H19N.C8H10/c1-9-7-10(8-9)3-5-11(2)6-4-10;1-7-3-5-8(2)6-4-7/h9H,3-8H2,1-2H3;3-6H,1-2H3. The van der Waals surface area contributed by atoms with E-state index >= 15 is 0 Å². The molecule has 1 heterocycles. The van der Waals surface area contributed by atoms with Crippen LogP contribution >= 0.6 is 0 Å². The van der Waals surface area contributed by atoms with Crippen LogP contribution in [-0.2, 0) is 0 Å². The average Bonchev–Trinajstić information content (AvgIpc) is 2.35. The van der Waals surface area contributed by atoms with E-state index in [1.54, 1.807) is 0 Å². The van der Waals surface area contributed by atoms with Gasteiger partial charge in [0.25, 0.3) is 0 Å². The van der Waals surface area contributed by atoms with Crippen LogP contribution in [0.2, 0.25) is 0 Å². The molecule has 1 heteroatoms. The molecule has 1 saturated heterocycles. The first kappa shape index (κ1) is 14.6. The van der Waals surface area contributed by atoms with E-state index in [9.17, 15) is 0 Å². The highest BCUT2D eigenvalue weighted by Crippen LogP contribution is 2.51. The van der Waals surface area contributed by atoms with Crippen molar-refractivity contribution in [2.24, 2.45) is 11.3 Å². The maximum atomic E-state index is 2.47. The van der Waals surface area contributed by atoms with E-state index in [1.165, 1.54) is 49.9 Å². The zero-order chi connectivity index (χ0) is 13.9. The second-order valence-electron chi connectivity index (χ2n) is 6.97. The van der Waals surface area contributed by atoms with E-state index < -0.39 is 0 Å². The maximum Gasteiger partial charge on any atom is -0.00165 e. The van der Waals surface area contributed by atoms with Crippen LogP contribution in [0.4, 0.5) is 0 Å². The van der Waals surface area contributed by atoms with Crippen molar-refractivity contribution in [1.29, 1.82) is 0 Å². The topological polar surface area (TPSA) is 3.24 Å². The molecule has 1 spiro atoms. The minimum atomic E-state index is 0.811. The van der Waals surface area contributed by atoms with Gasteiger partial charge in [-0.05, 0) is 71.0 Å². The van der Waals surface area contributed by atoms with E-state index in [-0.39, 0.29) is 0 Å². The van der Waals surface area contributed by atoms with Gasteiger partial charge in [-0.25, -0.2) is 0 Å². The van der Waals surface area contributed by atoms with Crippen LogP contribution in [0.3, 0.4) is 0 Å². The Hall–Kier alpha value is -0.820. The molecule has 106 valence electrons. The van der Waals surface area contributed by atoms with E-state index in [1.807, 2.05) is 0 Å². The summed E-state index contributed by atoms with van der Waals surface area (Å²) in [4.78, 5) is 2.47. The van der Waals surface area contributed by atoms with Crippen molar-refractivity contribution in [2.45, 2.75) is 46.5 Å². The molecule has 19 heavy (non-hydrogen) atoms. The summed E-state index contributed by atoms with van der Waals surface area (Å²) in [6, 6.07) is 8.48. The van der Waals surface area contributed by atoms with Gasteiger partial charge in [0, 0.05) is 0 Å². The van der Waals surface area contributed by atoms with E-state index in [2.05, 4.69) is 57.0 Å². The fourth-order valence-electron chi connectivity index (χ4n) is 3.56. The Morgan fingerprint density at radius 3 is 1.74 bits per heavy atom. The lowest BCUT2D eigenvalue weighted by molar-refractivity contribution is 0.000967. The normalized spacial score (nSPS) is 22.5. The molecular weight excluding hydrogens is 230 g/mol. The van der Waals surface area contributed by atoms with Crippen LogP contribution in [0, 0.1) is 25.2 Å². The summed E-state index contributed by atoms with van der Waals surface area (Å²) in [7, 11) is 2.24. The molecule has 1 nitrogen and oxygen atoms in total. The minimum Gasteiger partial charge on any atom is -0.306 e. The lowest BCUT2D eigenvalue weighted by atomic mass is 9.58. The van der Waals surface area contributed by atoms with Crippen molar-refractivity contribution in [1.82, 2.24) is 4.90 Å². The molecule has 1 aromatic carbocycles. The number of nitrogens with zero attached hydrogens (tertiary/aromatic N) is 1. The smallest absolute Gasteiger partial charge is 0.00165 e. The lowest BCUT2D eigenvalue weighted by Crippen LogP contribution is -2.45. The highest BCUT2D eigenvalue weighted by molar-refractivity contribution is 5.19. The van der Waals surface area contributed by atoms with Crippen LogP contribution in [-0.4, -0.2) is 25.0 Å². The molecule has 1 saturated carbocycles. The third kappa shape index (κ3) is 4.07. The largest absolute Gasteiger partial charge is 0.306 e. The van der Waals surface area contributed by atoms with Crippen molar-refractivity contribution in [3.8, 4) is 0 Å². The van der Waals surface area contributed by atoms with Crippen LogP contribution in [0.15, 0.2) is 24.3 Å². The predicted octanol–water partition coefficient (Wildman–Crippen LogP) is 4.43. The van der Waals surface area contributed by atoms with E-state index in [0.29, 0.717) is 0 Å². The van der Waals surface area contributed by atoms with Gasteiger partial charge in [-0.15, -0.1) is 0 Å². The van der Waals surface area contributed by atoms with E-state index in [4.69, 9.17) is 0 Å². The summed E-state index contributed by atoms with van der Waals surface area (Å²) in [5, 5.41) is 0. The van der Waals surface area contributed by atoms with Gasteiger partial charge in [0.2, 0.25) is 0 Å². The van der Waals surface area contributed by atoms with E-state index in [0.717, 1.165) is 11.3 Å². The van der Waals surface area contributed by atoms with Gasteiger partial charge in [-0.3, -0.25) is 0 Å².